The van der Waals surface area contributed by atoms with Gasteiger partial charge in [0, 0.05) is 6.42 Å². The summed E-state index contributed by atoms with van der Waals surface area (Å²) in [5.41, 5.74) is 1.58. The zero-order valence-electron chi connectivity index (χ0n) is 13.5. The third kappa shape index (κ3) is 3.90. The molecule has 1 aromatic carbocycles. The normalized spacial score (nSPS) is 20.8. The first kappa shape index (κ1) is 15.7. The van der Waals surface area contributed by atoms with Gasteiger partial charge in [0.1, 0.15) is 17.1 Å². The number of aryl methyl sites for hydroxylation is 1. The summed E-state index contributed by atoms with van der Waals surface area (Å²) in [7, 11) is 0. The third-order valence-electron chi connectivity index (χ3n) is 3.71. The van der Waals surface area contributed by atoms with Crippen LogP contribution in [-0.4, -0.2) is 10.7 Å². The number of phenols is 1. The Morgan fingerprint density at radius 2 is 2.10 bits per heavy atom. The van der Waals surface area contributed by atoms with Crippen molar-refractivity contribution in [2.24, 2.45) is 5.92 Å². The number of hydrogen-bond donors (Lipinski definition) is 1. The van der Waals surface area contributed by atoms with Crippen molar-refractivity contribution in [2.75, 3.05) is 0 Å². The van der Waals surface area contributed by atoms with Gasteiger partial charge in [0.2, 0.25) is 0 Å². The molecule has 1 atom stereocenters. The van der Waals surface area contributed by atoms with Crippen molar-refractivity contribution in [3.05, 3.63) is 41.5 Å². The molecule has 1 aliphatic heterocycles. The van der Waals surface area contributed by atoms with Gasteiger partial charge >= 0.3 is 0 Å². The number of benzene rings is 1. The van der Waals surface area contributed by atoms with Gasteiger partial charge in [-0.25, -0.2) is 0 Å². The average Bonchev–Trinajstić information content (AvgIpc) is 2.37. The standard InChI is InChI=1S/C19H26O2/c1-5-7-15-12-17(20)16-9-11-19(4,21-18(16)13-15)10-6-8-14(2)3/h6,8-9,11-14,20H,5,7,10H2,1-4H3. The lowest BCUT2D eigenvalue weighted by Crippen LogP contribution is -2.31. The van der Waals surface area contributed by atoms with Gasteiger partial charge < -0.3 is 9.84 Å². The largest absolute Gasteiger partial charge is 0.507 e. The Labute approximate surface area is 128 Å². The van der Waals surface area contributed by atoms with Crippen molar-refractivity contribution in [1.82, 2.24) is 0 Å². The highest BCUT2D eigenvalue weighted by Crippen LogP contribution is 2.39. The fraction of sp³-hybridized carbons (Fsp3) is 0.474. The molecule has 0 saturated carbocycles. The topological polar surface area (TPSA) is 29.5 Å². The van der Waals surface area contributed by atoms with Crippen LogP contribution in [0.2, 0.25) is 0 Å². The van der Waals surface area contributed by atoms with Crippen molar-refractivity contribution < 1.29 is 9.84 Å². The highest BCUT2D eigenvalue weighted by atomic mass is 16.5. The van der Waals surface area contributed by atoms with Crippen LogP contribution < -0.4 is 4.74 Å². The van der Waals surface area contributed by atoms with Crippen molar-refractivity contribution in [3.8, 4) is 11.5 Å². The summed E-state index contributed by atoms with van der Waals surface area (Å²) in [6, 6.07) is 3.91. The molecule has 1 aromatic rings. The second kappa shape index (κ2) is 6.38. The maximum atomic E-state index is 10.1. The Morgan fingerprint density at radius 1 is 1.33 bits per heavy atom. The van der Waals surface area contributed by atoms with E-state index in [0.29, 0.717) is 11.7 Å². The molecule has 1 unspecified atom stereocenters. The Morgan fingerprint density at radius 3 is 2.76 bits per heavy atom. The molecule has 0 saturated heterocycles. The SMILES string of the molecule is CCCc1cc(O)c2c(c1)OC(C)(CC=CC(C)C)C=C2. The molecule has 0 fully saturated rings. The van der Waals surface area contributed by atoms with E-state index < -0.39 is 0 Å². The molecule has 0 amide bonds. The van der Waals surface area contributed by atoms with Gasteiger partial charge in [0.05, 0.1) is 5.56 Å². The molecule has 2 heteroatoms. The number of aromatic hydroxyl groups is 1. The van der Waals surface area contributed by atoms with Gasteiger partial charge in [-0.2, -0.15) is 0 Å². The van der Waals surface area contributed by atoms with Crippen molar-refractivity contribution >= 4 is 6.08 Å². The zero-order chi connectivity index (χ0) is 15.5. The first-order valence-corrected chi connectivity index (χ1v) is 7.84. The molecular weight excluding hydrogens is 260 g/mol. The molecule has 1 N–H and O–H groups in total. The number of fused-ring (bicyclic) bond motifs is 1. The molecule has 2 nitrogen and oxygen atoms in total. The summed E-state index contributed by atoms with van der Waals surface area (Å²) in [5, 5.41) is 10.1. The molecule has 0 aliphatic carbocycles. The average molecular weight is 286 g/mol. The van der Waals surface area contributed by atoms with E-state index in [0.717, 1.165) is 36.1 Å². The van der Waals surface area contributed by atoms with Crippen LogP contribution in [0.5, 0.6) is 11.5 Å². The fourth-order valence-corrected chi connectivity index (χ4v) is 2.58. The quantitative estimate of drug-likeness (QED) is 0.762. The van der Waals surface area contributed by atoms with Crippen LogP contribution in [0.4, 0.5) is 0 Å². The smallest absolute Gasteiger partial charge is 0.131 e. The zero-order valence-corrected chi connectivity index (χ0v) is 13.5. The molecule has 0 bridgehead atoms. The van der Waals surface area contributed by atoms with E-state index in [-0.39, 0.29) is 5.60 Å². The van der Waals surface area contributed by atoms with E-state index in [2.05, 4.69) is 45.9 Å². The maximum Gasteiger partial charge on any atom is 0.131 e. The van der Waals surface area contributed by atoms with E-state index in [1.54, 1.807) is 0 Å². The van der Waals surface area contributed by atoms with Gasteiger partial charge in [-0.15, -0.1) is 0 Å². The summed E-state index contributed by atoms with van der Waals surface area (Å²) in [4.78, 5) is 0. The molecule has 0 radical (unpaired) electrons. The van der Waals surface area contributed by atoms with Gasteiger partial charge in [-0.05, 0) is 49.1 Å². The van der Waals surface area contributed by atoms with E-state index >= 15 is 0 Å². The lowest BCUT2D eigenvalue weighted by atomic mass is 9.94. The first-order chi connectivity index (χ1) is 9.93. The van der Waals surface area contributed by atoms with Gasteiger partial charge in [0.25, 0.3) is 0 Å². The Kier molecular flexibility index (Phi) is 4.76. The van der Waals surface area contributed by atoms with Crippen LogP contribution in [0.15, 0.2) is 30.4 Å². The number of hydrogen-bond acceptors (Lipinski definition) is 2. The molecule has 21 heavy (non-hydrogen) atoms. The van der Waals surface area contributed by atoms with Crippen LogP contribution in [0.25, 0.3) is 6.08 Å². The molecule has 1 heterocycles. The summed E-state index contributed by atoms with van der Waals surface area (Å²) in [6.07, 6.45) is 11.2. The van der Waals surface area contributed by atoms with Crippen LogP contribution in [0.3, 0.4) is 0 Å². The molecular formula is C19H26O2. The summed E-state index contributed by atoms with van der Waals surface area (Å²) >= 11 is 0. The Hall–Kier alpha value is -1.70. The highest BCUT2D eigenvalue weighted by Gasteiger charge is 2.27. The van der Waals surface area contributed by atoms with Crippen LogP contribution >= 0.6 is 0 Å². The predicted octanol–water partition coefficient (Wildman–Crippen LogP) is 5.11. The number of allylic oxidation sites excluding steroid dienone is 1. The second-order valence-electron chi connectivity index (χ2n) is 6.40. The second-order valence-corrected chi connectivity index (χ2v) is 6.40. The van der Waals surface area contributed by atoms with E-state index in [9.17, 15) is 5.11 Å². The molecule has 0 spiro atoms. The maximum absolute atomic E-state index is 10.1. The fourth-order valence-electron chi connectivity index (χ4n) is 2.58. The van der Waals surface area contributed by atoms with Crippen molar-refractivity contribution in [2.45, 2.75) is 52.6 Å². The molecule has 2 rings (SSSR count). The molecule has 1 aliphatic rings. The number of rotatable bonds is 5. The minimum absolute atomic E-state index is 0.312. The summed E-state index contributed by atoms with van der Waals surface area (Å²) in [6.45, 7) is 8.56. The highest BCUT2D eigenvalue weighted by molar-refractivity contribution is 5.67. The third-order valence-corrected chi connectivity index (χ3v) is 3.71. The van der Waals surface area contributed by atoms with Crippen molar-refractivity contribution in [3.63, 3.8) is 0 Å². The van der Waals surface area contributed by atoms with Crippen LogP contribution in [0.1, 0.15) is 51.7 Å². The Balaban J connectivity index is 2.22. The van der Waals surface area contributed by atoms with Gasteiger partial charge in [0.15, 0.2) is 0 Å². The van der Waals surface area contributed by atoms with Crippen LogP contribution in [0, 0.1) is 5.92 Å². The minimum atomic E-state index is -0.338. The summed E-state index contributed by atoms with van der Waals surface area (Å²) in [5.74, 6) is 1.65. The monoisotopic (exact) mass is 286 g/mol. The molecule has 114 valence electrons. The van der Waals surface area contributed by atoms with E-state index in [1.807, 2.05) is 18.2 Å². The minimum Gasteiger partial charge on any atom is -0.507 e. The van der Waals surface area contributed by atoms with Gasteiger partial charge in [-0.1, -0.05) is 39.3 Å². The number of ether oxygens (including phenoxy) is 1. The van der Waals surface area contributed by atoms with Gasteiger partial charge in [-0.3, -0.25) is 0 Å². The lowest BCUT2D eigenvalue weighted by molar-refractivity contribution is 0.140. The molecule has 0 aromatic heterocycles. The first-order valence-electron chi connectivity index (χ1n) is 7.84. The lowest BCUT2D eigenvalue weighted by Gasteiger charge is -2.31. The van der Waals surface area contributed by atoms with E-state index in [1.165, 1.54) is 0 Å². The van der Waals surface area contributed by atoms with E-state index in [4.69, 9.17) is 4.74 Å². The van der Waals surface area contributed by atoms with Crippen LogP contribution in [-0.2, 0) is 6.42 Å². The Bertz CT molecular complexity index is 555. The predicted molar refractivity (Wildman–Crippen MR) is 88.8 cm³/mol. The van der Waals surface area contributed by atoms with Crippen molar-refractivity contribution in [1.29, 1.82) is 0 Å². The number of phenolic OH excluding ortho intramolecular Hbond substituents is 1. The summed E-state index contributed by atoms with van der Waals surface area (Å²) < 4.78 is 6.17.